The lowest BCUT2D eigenvalue weighted by Crippen LogP contribution is -2.54. The van der Waals surface area contributed by atoms with Crippen molar-refractivity contribution in [1.82, 2.24) is 15.1 Å². The molecule has 2 heterocycles. The van der Waals surface area contributed by atoms with Crippen molar-refractivity contribution in [2.24, 2.45) is 0 Å². The molecule has 0 aliphatic carbocycles. The molecule has 6 nitrogen and oxygen atoms in total. The van der Waals surface area contributed by atoms with Crippen LogP contribution in [0.15, 0.2) is 42.5 Å². The van der Waals surface area contributed by atoms with Crippen LogP contribution in [0.3, 0.4) is 0 Å². The molecule has 0 bridgehead atoms. The largest absolute Gasteiger partial charge is 0.419 e. The van der Waals surface area contributed by atoms with Gasteiger partial charge in [0, 0.05) is 36.3 Å². The van der Waals surface area contributed by atoms with Crippen molar-refractivity contribution in [3.63, 3.8) is 0 Å². The molecule has 1 N–H and O–H groups in total. The summed E-state index contributed by atoms with van der Waals surface area (Å²) in [6.07, 6.45) is -0.267. The van der Waals surface area contributed by atoms with Gasteiger partial charge in [-0.3, -0.25) is 9.80 Å². The van der Waals surface area contributed by atoms with Gasteiger partial charge in [-0.05, 0) is 57.4 Å². The molecule has 176 valence electrons. The predicted octanol–water partition coefficient (Wildman–Crippen LogP) is 4.63. The van der Waals surface area contributed by atoms with Crippen molar-refractivity contribution < 1.29 is 23.1 Å². The minimum atomic E-state index is -0.844. The Kier molecular flexibility index (Phi) is 6.38. The number of nitrogens with one attached hydrogen (secondary N) is 1. The second-order valence-electron chi connectivity index (χ2n) is 9.53. The van der Waals surface area contributed by atoms with E-state index in [0.29, 0.717) is 13.0 Å². The zero-order chi connectivity index (χ0) is 23.8. The van der Waals surface area contributed by atoms with E-state index < -0.39 is 35.4 Å². The fraction of sp³-hybridized carbons (Fsp3) is 0.440. The zero-order valence-electron chi connectivity index (χ0n) is 19.1. The number of hydrogen-bond acceptors (Lipinski definition) is 4. The predicted molar refractivity (Wildman–Crippen MR) is 120 cm³/mol. The average Bonchev–Trinajstić information content (AvgIpc) is 3.26. The number of amides is 2. The van der Waals surface area contributed by atoms with E-state index in [1.165, 1.54) is 17.0 Å². The molecule has 2 amide bonds. The SMILES string of the molecule is CC(C)(C)N(C(=O)OC(=O)N1CCc2ccccc2[C@@H]1c1ccc(F)cc1F)C1CCNC1. The van der Waals surface area contributed by atoms with Gasteiger partial charge in [0.1, 0.15) is 11.6 Å². The van der Waals surface area contributed by atoms with Crippen molar-refractivity contribution in [2.75, 3.05) is 19.6 Å². The molecule has 0 saturated carbocycles. The number of carbonyl (C=O) groups excluding carboxylic acids is 2. The number of ether oxygens (including phenoxy) is 1. The van der Waals surface area contributed by atoms with Gasteiger partial charge in [-0.1, -0.05) is 30.3 Å². The topological polar surface area (TPSA) is 61.9 Å². The highest BCUT2D eigenvalue weighted by Gasteiger charge is 2.40. The molecule has 33 heavy (non-hydrogen) atoms. The Morgan fingerprint density at radius 1 is 1.12 bits per heavy atom. The van der Waals surface area contributed by atoms with E-state index in [1.54, 1.807) is 4.90 Å². The smallest absolute Gasteiger partial charge is 0.359 e. The third-order valence-corrected chi connectivity index (χ3v) is 6.27. The standard InChI is InChI=1S/C25H29F2N3O3/c1-25(2,3)30(18-10-12-28-15-18)24(32)33-23(31)29-13-11-16-6-4-5-7-19(16)22(29)20-9-8-17(26)14-21(20)27/h4-9,14,18,22,28H,10-13,15H2,1-3H3/t18?,22-/m1/s1. The van der Waals surface area contributed by atoms with Gasteiger partial charge < -0.3 is 10.1 Å². The summed E-state index contributed by atoms with van der Waals surface area (Å²) in [6, 6.07) is 9.82. The monoisotopic (exact) mass is 457 g/mol. The van der Waals surface area contributed by atoms with Crippen LogP contribution in [0.2, 0.25) is 0 Å². The molecule has 1 unspecified atom stereocenters. The molecule has 0 aromatic heterocycles. The maximum Gasteiger partial charge on any atom is 0.419 e. The molecule has 2 aromatic rings. The van der Waals surface area contributed by atoms with E-state index in [9.17, 15) is 18.4 Å². The van der Waals surface area contributed by atoms with E-state index in [2.05, 4.69) is 5.32 Å². The summed E-state index contributed by atoms with van der Waals surface area (Å²) in [7, 11) is 0. The first-order valence-electron chi connectivity index (χ1n) is 11.2. The molecule has 2 atom stereocenters. The summed E-state index contributed by atoms with van der Waals surface area (Å²) >= 11 is 0. The number of rotatable bonds is 2. The summed E-state index contributed by atoms with van der Waals surface area (Å²) < 4.78 is 33.8. The number of hydrogen-bond donors (Lipinski definition) is 1. The van der Waals surface area contributed by atoms with E-state index in [0.717, 1.165) is 30.2 Å². The van der Waals surface area contributed by atoms with Crippen molar-refractivity contribution >= 4 is 12.2 Å². The van der Waals surface area contributed by atoms with Gasteiger partial charge in [-0.25, -0.2) is 18.4 Å². The Balaban J connectivity index is 1.64. The minimum absolute atomic E-state index is 0.0854. The Hall–Kier alpha value is -3.00. The molecular formula is C25H29F2N3O3. The molecule has 2 aliphatic rings. The van der Waals surface area contributed by atoms with E-state index >= 15 is 0 Å². The molecular weight excluding hydrogens is 428 g/mol. The van der Waals surface area contributed by atoms with Crippen LogP contribution in [0.1, 0.15) is 49.9 Å². The quantitative estimate of drug-likeness (QED) is 0.668. The van der Waals surface area contributed by atoms with E-state index in [-0.39, 0.29) is 18.2 Å². The van der Waals surface area contributed by atoms with Crippen LogP contribution in [-0.4, -0.2) is 53.2 Å². The van der Waals surface area contributed by atoms with Crippen LogP contribution in [-0.2, 0) is 11.2 Å². The molecule has 4 rings (SSSR count). The molecule has 2 aromatic carbocycles. The fourth-order valence-electron chi connectivity index (χ4n) is 4.83. The summed E-state index contributed by atoms with van der Waals surface area (Å²) in [5.74, 6) is -1.45. The lowest BCUT2D eigenvalue weighted by molar-refractivity contribution is 0.0493. The maximum absolute atomic E-state index is 14.8. The normalized spacial score (nSPS) is 20.3. The lowest BCUT2D eigenvalue weighted by Gasteiger charge is -2.40. The molecule has 0 spiro atoms. The van der Waals surface area contributed by atoms with E-state index in [4.69, 9.17) is 4.74 Å². The van der Waals surface area contributed by atoms with Gasteiger partial charge in [0.25, 0.3) is 0 Å². The maximum atomic E-state index is 14.8. The zero-order valence-corrected chi connectivity index (χ0v) is 19.1. The molecule has 0 radical (unpaired) electrons. The third-order valence-electron chi connectivity index (χ3n) is 6.27. The molecule has 2 aliphatic heterocycles. The number of benzene rings is 2. The van der Waals surface area contributed by atoms with Gasteiger partial charge >= 0.3 is 12.2 Å². The Morgan fingerprint density at radius 3 is 2.55 bits per heavy atom. The minimum Gasteiger partial charge on any atom is -0.359 e. The fourth-order valence-corrected chi connectivity index (χ4v) is 4.83. The Bertz CT molecular complexity index is 1050. The van der Waals surface area contributed by atoms with Crippen molar-refractivity contribution in [1.29, 1.82) is 0 Å². The first-order valence-corrected chi connectivity index (χ1v) is 11.2. The van der Waals surface area contributed by atoms with Crippen LogP contribution in [0.5, 0.6) is 0 Å². The first kappa shape index (κ1) is 23.2. The van der Waals surface area contributed by atoms with Crippen LogP contribution in [0, 0.1) is 11.6 Å². The van der Waals surface area contributed by atoms with Gasteiger partial charge in [0.15, 0.2) is 0 Å². The van der Waals surface area contributed by atoms with Crippen LogP contribution in [0.4, 0.5) is 18.4 Å². The molecule has 8 heteroatoms. The van der Waals surface area contributed by atoms with Crippen LogP contribution >= 0.6 is 0 Å². The summed E-state index contributed by atoms with van der Waals surface area (Å²) in [5.41, 5.74) is 1.30. The molecule has 1 fully saturated rings. The highest BCUT2D eigenvalue weighted by molar-refractivity contribution is 5.85. The second kappa shape index (κ2) is 9.09. The van der Waals surface area contributed by atoms with Crippen LogP contribution in [0.25, 0.3) is 0 Å². The number of carbonyl (C=O) groups is 2. The lowest BCUT2D eigenvalue weighted by atomic mass is 9.88. The number of fused-ring (bicyclic) bond motifs is 1. The van der Waals surface area contributed by atoms with Crippen molar-refractivity contribution in [3.05, 3.63) is 70.8 Å². The van der Waals surface area contributed by atoms with E-state index in [1.807, 2.05) is 45.0 Å². The third kappa shape index (κ3) is 4.71. The number of halogens is 2. The summed E-state index contributed by atoms with van der Waals surface area (Å²) in [4.78, 5) is 29.4. The highest BCUT2D eigenvalue weighted by atomic mass is 19.1. The second-order valence-corrected chi connectivity index (χ2v) is 9.53. The van der Waals surface area contributed by atoms with Gasteiger partial charge in [0.2, 0.25) is 0 Å². The van der Waals surface area contributed by atoms with Gasteiger partial charge in [-0.15, -0.1) is 0 Å². The summed E-state index contributed by atoms with van der Waals surface area (Å²) in [5, 5.41) is 3.23. The average molecular weight is 458 g/mol. The number of nitrogens with zero attached hydrogens (tertiary/aromatic N) is 2. The highest BCUT2D eigenvalue weighted by Crippen LogP contribution is 2.37. The summed E-state index contributed by atoms with van der Waals surface area (Å²) in [6.45, 7) is 7.33. The Morgan fingerprint density at radius 2 is 1.88 bits per heavy atom. The first-order chi connectivity index (χ1) is 15.7. The van der Waals surface area contributed by atoms with Gasteiger partial charge in [0.05, 0.1) is 6.04 Å². The molecule has 1 saturated heterocycles. The van der Waals surface area contributed by atoms with Crippen molar-refractivity contribution in [3.8, 4) is 0 Å². The van der Waals surface area contributed by atoms with Crippen molar-refractivity contribution in [2.45, 2.75) is 51.2 Å². The van der Waals surface area contributed by atoms with Crippen LogP contribution < -0.4 is 5.32 Å². The van der Waals surface area contributed by atoms with Gasteiger partial charge in [-0.2, -0.15) is 0 Å². The Labute approximate surface area is 192 Å².